The molecule has 4 rings (SSSR count). The molecule has 0 radical (unpaired) electrons. The molecule has 2 aromatic carbocycles. The lowest BCUT2D eigenvalue weighted by molar-refractivity contribution is -0.116. The van der Waals surface area contributed by atoms with Crippen molar-refractivity contribution in [3.05, 3.63) is 80.4 Å². The van der Waals surface area contributed by atoms with Crippen molar-refractivity contribution in [2.24, 2.45) is 0 Å². The van der Waals surface area contributed by atoms with E-state index < -0.39 is 0 Å². The van der Waals surface area contributed by atoms with Crippen molar-refractivity contribution in [1.29, 1.82) is 0 Å². The average molecular weight is 456 g/mol. The first kappa shape index (κ1) is 21.1. The lowest BCUT2D eigenvalue weighted by Gasteiger charge is -2.11. The Hall–Kier alpha value is -3.16. The first-order chi connectivity index (χ1) is 14.8. The number of nitrogens with zero attached hydrogens (tertiary/aromatic N) is 4. The number of amides is 1. The molecule has 158 valence electrons. The van der Waals surface area contributed by atoms with E-state index in [9.17, 15) is 9.59 Å². The van der Waals surface area contributed by atoms with Crippen LogP contribution in [0.15, 0.2) is 53.5 Å². The molecule has 0 bridgehead atoms. The van der Waals surface area contributed by atoms with Gasteiger partial charge < -0.3 is 5.32 Å². The minimum atomic E-state index is -0.286. The van der Waals surface area contributed by atoms with Gasteiger partial charge in [0.05, 0.1) is 22.6 Å². The van der Waals surface area contributed by atoms with Crippen LogP contribution in [0.25, 0.3) is 16.7 Å². The summed E-state index contributed by atoms with van der Waals surface area (Å²) in [6, 6.07) is 12.6. The number of anilines is 1. The van der Waals surface area contributed by atoms with Crippen molar-refractivity contribution >= 4 is 45.8 Å². The van der Waals surface area contributed by atoms with Gasteiger partial charge in [0.25, 0.3) is 5.56 Å². The Labute approximate surface area is 188 Å². The molecule has 1 amide bonds. The third kappa shape index (κ3) is 4.33. The quantitative estimate of drug-likeness (QED) is 0.478. The number of benzene rings is 2. The molecular formula is C22H19Cl2N5O2. The van der Waals surface area contributed by atoms with Gasteiger partial charge in [-0.05, 0) is 44.2 Å². The molecule has 31 heavy (non-hydrogen) atoms. The highest BCUT2D eigenvalue weighted by Crippen LogP contribution is 2.25. The highest BCUT2D eigenvalue weighted by molar-refractivity contribution is 6.35. The lowest BCUT2D eigenvalue weighted by Crippen LogP contribution is -2.26. The number of carbonyl (C=O) groups excluding carboxylic acids is 1. The summed E-state index contributed by atoms with van der Waals surface area (Å²) >= 11 is 12.0. The van der Waals surface area contributed by atoms with Crippen molar-refractivity contribution in [2.45, 2.75) is 26.8 Å². The van der Waals surface area contributed by atoms with Crippen LogP contribution in [-0.4, -0.2) is 25.2 Å². The molecule has 0 aliphatic carbocycles. The van der Waals surface area contributed by atoms with E-state index in [1.165, 1.54) is 10.8 Å². The lowest BCUT2D eigenvalue weighted by atomic mass is 10.2. The Morgan fingerprint density at radius 2 is 1.84 bits per heavy atom. The second-order valence-electron chi connectivity index (χ2n) is 7.17. The van der Waals surface area contributed by atoms with E-state index in [4.69, 9.17) is 23.2 Å². The van der Waals surface area contributed by atoms with Gasteiger partial charge in [-0.2, -0.15) is 5.10 Å². The Morgan fingerprint density at radius 3 is 2.58 bits per heavy atom. The third-order valence-electron chi connectivity index (χ3n) is 4.92. The van der Waals surface area contributed by atoms with E-state index in [-0.39, 0.29) is 24.4 Å². The number of fused-ring (bicyclic) bond motifs is 1. The van der Waals surface area contributed by atoms with Crippen LogP contribution in [0.2, 0.25) is 10.0 Å². The molecule has 2 aromatic heterocycles. The zero-order valence-electron chi connectivity index (χ0n) is 16.9. The topological polar surface area (TPSA) is 81.8 Å². The van der Waals surface area contributed by atoms with Crippen molar-refractivity contribution in [1.82, 2.24) is 19.3 Å². The van der Waals surface area contributed by atoms with E-state index in [1.807, 2.05) is 31.2 Å². The van der Waals surface area contributed by atoms with Crippen molar-refractivity contribution in [3.8, 4) is 5.69 Å². The molecule has 0 fully saturated rings. The second-order valence-corrected chi connectivity index (χ2v) is 8.01. The molecule has 0 aliphatic heterocycles. The van der Waals surface area contributed by atoms with Crippen LogP contribution in [0.1, 0.15) is 17.8 Å². The first-order valence-electron chi connectivity index (χ1n) is 9.60. The van der Waals surface area contributed by atoms with Crippen molar-refractivity contribution < 1.29 is 4.79 Å². The number of halogens is 2. The van der Waals surface area contributed by atoms with Gasteiger partial charge >= 0.3 is 0 Å². The monoisotopic (exact) mass is 455 g/mol. The highest BCUT2D eigenvalue weighted by atomic mass is 35.5. The van der Waals surface area contributed by atoms with E-state index in [2.05, 4.69) is 15.4 Å². The van der Waals surface area contributed by atoms with E-state index >= 15 is 0 Å². The Balaban J connectivity index is 1.57. The maximum absolute atomic E-state index is 13.0. The number of aryl methyl sites for hydroxylation is 2. The predicted octanol–water partition coefficient (Wildman–Crippen LogP) is 4.53. The minimum Gasteiger partial charge on any atom is -0.325 e. The number of rotatable bonds is 5. The first-order valence-corrected chi connectivity index (χ1v) is 10.4. The normalized spacial score (nSPS) is 11.1. The summed E-state index contributed by atoms with van der Waals surface area (Å²) in [5.41, 5.74) is 2.62. The number of hydrogen-bond donors (Lipinski definition) is 1. The molecule has 0 saturated carbocycles. The van der Waals surface area contributed by atoms with Crippen LogP contribution in [0.5, 0.6) is 0 Å². The van der Waals surface area contributed by atoms with Crippen LogP contribution >= 0.6 is 23.2 Å². The van der Waals surface area contributed by atoms with Gasteiger partial charge in [-0.3, -0.25) is 14.2 Å². The van der Waals surface area contributed by atoms with E-state index in [0.717, 1.165) is 11.3 Å². The average Bonchev–Trinajstić information content (AvgIpc) is 3.15. The number of carbonyl (C=O) groups is 1. The standard InChI is InChI=1S/C22H19Cl2N5O2/c1-13-3-6-16(7-4-13)29-21-17(12-25-29)22(31)28(14(2)26-21)10-9-20(30)27-19-11-15(23)5-8-18(19)24/h3-8,11-12H,9-10H2,1-2H3,(H,27,30). The van der Waals surface area contributed by atoms with Gasteiger partial charge in [0.1, 0.15) is 11.2 Å². The smallest absolute Gasteiger partial charge is 0.264 e. The molecule has 4 aromatic rings. The van der Waals surface area contributed by atoms with Gasteiger partial charge in [-0.25, -0.2) is 9.67 Å². The van der Waals surface area contributed by atoms with Crippen LogP contribution in [-0.2, 0) is 11.3 Å². The minimum absolute atomic E-state index is 0.0723. The van der Waals surface area contributed by atoms with Crippen LogP contribution < -0.4 is 10.9 Å². The Kier molecular flexibility index (Phi) is 5.80. The van der Waals surface area contributed by atoms with Crippen molar-refractivity contribution in [2.75, 3.05) is 5.32 Å². The van der Waals surface area contributed by atoms with Crippen LogP contribution in [0, 0.1) is 13.8 Å². The Bertz CT molecular complexity index is 1340. The summed E-state index contributed by atoms with van der Waals surface area (Å²) in [6.07, 6.45) is 1.58. The maximum atomic E-state index is 13.0. The van der Waals surface area contributed by atoms with Gasteiger partial charge in [-0.15, -0.1) is 0 Å². The summed E-state index contributed by atoms with van der Waals surface area (Å²) in [6.45, 7) is 3.91. The Morgan fingerprint density at radius 1 is 1.10 bits per heavy atom. The maximum Gasteiger partial charge on any atom is 0.264 e. The van der Waals surface area contributed by atoms with E-state index in [1.54, 1.807) is 29.8 Å². The van der Waals surface area contributed by atoms with Gasteiger partial charge in [0.2, 0.25) is 5.91 Å². The fourth-order valence-electron chi connectivity index (χ4n) is 3.26. The summed E-state index contributed by atoms with van der Waals surface area (Å²) in [5, 5.41) is 8.31. The SMILES string of the molecule is Cc1ccc(-n2ncc3c(=O)n(CCC(=O)Nc4cc(Cl)ccc4Cl)c(C)nc32)cc1. The van der Waals surface area contributed by atoms with Gasteiger partial charge in [-0.1, -0.05) is 40.9 Å². The van der Waals surface area contributed by atoms with E-state index in [0.29, 0.717) is 32.6 Å². The fourth-order valence-corrected chi connectivity index (χ4v) is 3.60. The second kappa shape index (κ2) is 8.53. The molecule has 0 saturated heterocycles. The number of aromatic nitrogens is 4. The zero-order valence-corrected chi connectivity index (χ0v) is 18.4. The molecule has 1 N–H and O–H groups in total. The van der Waals surface area contributed by atoms with Crippen LogP contribution in [0.3, 0.4) is 0 Å². The molecule has 2 heterocycles. The largest absolute Gasteiger partial charge is 0.325 e. The number of hydrogen-bond acceptors (Lipinski definition) is 4. The molecule has 0 atom stereocenters. The summed E-state index contributed by atoms with van der Waals surface area (Å²) in [5.74, 6) is 0.214. The van der Waals surface area contributed by atoms with Crippen LogP contribution in [0.4, 0.5) is 5.69 Å². The molecule has 0 spiro atoms. The van der Waals surface area contributed by atoms with Gasteiger partial charge in [0.15, 0.2) is 5.65 Å². The fraction of sp³-hybridized carbons (Fsp3) is 0.182. The van der Waals surface area contributed by atoms with Gasteiger partial charge in [0, 0.05) is 18.0 Å². The molecular weight excluding hydrogens is 437 g/mol. The summed E-state index contributed by atoms with van der Waals surface area (Å²) in [4.78, 5) is 30.0. The summed E-state index contributed by atoms with van der Waals surface area (Å²) in [7, 11) is 0. The molecule has 0 unspecified atom stereocenters. The number of nitrogens with one attached hydrogen (secondary N) is 1. The molecule has 9 heteroatoms. The highest BCUT2D eigenvalue weighted by Gasteiger charge is 2.15. The third-order valence-corrected chi connectivity index (χ3v) is 5.49. The van der Waals surface area contributed by atoms with Crippen molar-refractivity contribution in [3.63, 3.8) is 0 Å². The predicted molar refractivity (Wildman–Crippen MR) is 122 cm³/mol. The zero-order chi connectivity index (χ0) is 22.1. The summed E-state index contributed by atoms with van der Waals surface area (Å²) < 4.78 is 3.12. The molecule has 7 nitrogen and oxygen atoms in total. The molecule has 0 aliphatic rings.